The van der Waals surface area contributed by atoms with E-state index in [1.807, 2.05) is 18.2 Å². The van der Waals surface area contributed by atoms with Crippen molar-refractivity contribution in [2.75, 3.05) is 37.7 Å². The maximum atomic E-state index is 16.2. The lowest BCUT2D eigenvalue weighted by atomic mass is 9.81. The summed E-state index contributed by atoms with van der Waals surface area (Å²) in [6.45, 7) is 1.33. The van der Waals surface area contributed by atoms with Gasteiger partial charge in [-0.2, -0.15) is 0 Å². The number of carbonyl (C=O) groups excluding carboxylic acids is 1. The van der Waals surface area contributed by atoms with Crippen LogP contribution in [0.2, 0.25) is 5.02 Å². The number of halogens is 4. The third kappa shape index (κ3) is 3.77. The molecule has 2 aromatic carbocycles. The quantitative estimate of drug-likeness (QED) is 0.541. The second-order valence-corrected chi connectivity index (χ2v) is 10.3. The number of hydrogen-bond donors (Lipinski definition) is 3. The van der Waals surface area contributed by atoms with E-state index in [4.69, 9.17) is 27.9 Å². The number of nitrogens with zero attached hydrogens (tertiary/aromatic N) is 1. The van der Waals surface area contributed by atoms with E-state index in [0.717, 1.165) is 5.57 Å². The zero-order valence-corrected chi connectivity index (χ0v) is 21.1. The van der Waals surface area contributed by atoms with Crippen molar-refractivity contribution >= 4 is 34.8 Å². The first-order valence-corrected chi connectivity index (χ1v) is 12.7. The molecule has 2 atom stereocenters. The molecule has 0 aromatic heterocycles. The fraction of sp³-hybridized carbons (Fsp3) is 0.296. The Morgan fingerprint density at radius 3 is 2.89 bits per heavy atom. The first-order chi connectivity index (χ1) is 17.8. The van der Waals surface area contributed by atoms with Crippen molar-refractivity contribution in [3.8, 4) is 16.9 Å². The Labute approximate surface area is 222 Å². The number of aliphatic hydroxyl groups excluding tert-OH is 1. The molecule has 1 spiro atoms. The van der Waals surface area contributed by atoms with Crippen molar-refractivity contribution in [1.29, 1.82) is 0 Å². The first kappa shape index (κ1) is 24.4. The lowest BCUT2D eigenvalue weighted by Gasteiger charge is -2.45. The van der Waals surface area contributed by atoms with E-state index in [1.54, 1.807) is 6.08 Å². The van der Waals surface area contributed by atoms with Gasteiger partial charge in [-0.05, 0) is 41.5 Å². The van der Waals surface area contributed by atoms with Gasteiger partial charge in [0.2, 0.25) is 0 Å². The van der Waals surface area contributed by atoms with Crippen LogP contribution in [0.5, 0.6) is 5.75 Å². The molecule has 2 unspecified atom stereocenters. The van der Waals surface area contributed by atoms with Crippen molar-refractivity contribution in [3.05, 3.63) is 80.9 Å². The van der Waals surface area contributed by atoms with Crippen LogP contribution in [0.1, 0.15) is 15.9 Å². The zero-order chi connectivity index (χ0) is 25.9. The average molecular weight is 546 g/mol. The third-order valence-electron chi connectivity index (χ3n) is 7.41. The van der Waals surface area contributed by atoms with E-state index < -0.39 is 29.1 Å². The van der Waals surface area contributed by atoms with E-state index in [0.29, 0.717) is 42.3 Å². The number of rotatable bonds is 3. The SMILES string of the molecule is O=C1NC2C=CC(=CC(Cl)=C2)C23CNCCN2c2cc(F)c(Cl)c(c2C3)-c2c1ccc(OCCO)c2F. The highest BCUT2D eigenvalue weighted by atomic mass is 35.5. The number of allylic oxidation sites excluding steroid dienone is 2. The molecule has 1 aliphatic carbocycles. The molecule has 192 valence electrons. The summed E-state index contributed by atoms with van der Waals surface area (Å²) in [7, 11) is 0. The van der Waals surface area contributed by atoms with Crippen LogP contribution in [0.25, 0.3) is 11.1 Å². The molecular formula is C27H23Cl2F2N3O3. The van der Waals surface area contributed by atoms with Crippen LogP contribution in [0.3, 0.4) is 0 Å². The molecule has 1 amide bonds. The number of carbonyl (C=O) groups is 1. The largest absolute Gasteiger partial charge is 0.488 e. The van der Waals surface area contributed by atoms with Gasteiger partial charge in [0.25, 0.3) is 5.91 Å². The number of piperazine rings is 1. The number of fused-ring (bicyclic) bond motifs is 5. The molecule has 6 rings (SSSR count). The van der Waals surface area contributed by atoms with Gasteiger partial charge in [-0.3, -0.25) is 4.79 Å². The molecule has 6 nitrogen and oxygen atoms in total. The summed E-state index contributed by atoms with van der Waals surface area (Å²) >= 11 is 13.2. The highest BCUT2D eigenvalue weighted by Crippen LogP contribution is 2.52. The minimum atomic E-state index is -0.851. The summed E-state index contributed by atoms with van der Waals surface area (Å²) in [5.74, 6) is -2.31. The number of nitrogens with one attached hydrogen (secondary N) is 2. The molecule has 4 bridgehead atoms. The van der Waals surface area contributed by atoms with E-state index in [9.17, 15) is 9.90 Å². The Bertz CT molecular complexity index is 1420. The van der Waals surface area contributed by atoms with Crippen LogP contribution in [0.4, 0.5) is 14.5 Å². The molecule has 37 heavy (non-hydrogen) atoms. The van der Waals surface area contributed by atoms with E-state index >= 15 is 8.78 Å². The van der Waals surface area contributed by atoms with E-state index in [2.05, 4.69) is 15.5 Å². The van der Waals surface area contributed by atoms with Gasteiger partial charge in [-0.25, -0.2) is 8.78 Å². The van der Waals surface area contributed by atoms with Crippen molar-refractivity contribution in [1.82, 2.24) is 10.6 Å². The maximum Gasteiger partial charge on any atom is 0.252 e. The Hall–Kier alpha value is -2.91. The third-order valence-corrected chi connectivity index (χ3v) is 8.01. The van der Waals surface area contributed by atoms with Crippen molar-refractivity contribution in [3.63, 3.8) is 0 Å². The highest BCUT2D eigenvalue weighted by molar-refractivity contribution is 6.34. The van der Waals surface area contributed by atoms with Gasteiger partial charge in [0.05, 0.1) is 28.8 Å². The molecule has 3 N–H and O–H groups in total. The second-order valence-electron chi connectivity index (χ2n) is 9.46. The fourth-order valence-corrected chi connectivity index (χ4v) is 6.35. The Kier molecular flexibility index (Phi) is 6.03. The minimum Gasteiger partial charge on any atom is -0.488 e. The standard InChI is InChI=1S/C27H23Cl2F2N3O3/c28-15-9-14-1-2-16(10-15)33-26(36)17-3-4-21(37-8-7-35)25(31)23(17)22-18-12-27(14)13-32-5-6-34(27)20(18)11-19(30)24(22)29/h1-4,9-11,16,32,35H,5-8,12-13H2,(H,33,36). The van der Waals surface area contributed by atoms with Crippen molar-refractivity contribution in [2.45, 2.75) is 18.0 Å². The lowest BCUT2D eigenvalue weighted by molar-refractivity contribution is 0.0950. The van der Waals surface area contributed by atoms with Crippen molar-refractivity contribution in [2.24, 2.45) is 0 Å². The van der Waals surface area contributed by atoms with Crippen LogP contribution in [0.15, 0.2) is 53.1 Å². The predicted molar refractivity (Wildman–Crippen MR) is 138 cm³/mol. The summed E-state index contributed by atoms with van der Waals surface area (Å²) in [6, 6.07) is 3.57. The lowest BCUT2D eigenvalue weighted by Crippen LogP contribution is -2.61. The molecule has 2 aromatic rings. The van der Waals surface area contributed by atoms with Gasteiger partial charge in [-0.1, -0.05) is 35.4 Å². The Balaban J connectivity index is 1.70. The number of benzene rings is 2. The van der Waals surface area contributed by atoms with E-state index in [-0.39, 0.29) is 40.7 Å². The van der Waals surface area contributed by atoms with E-state index in [1.165, 1.54) is 18.2 Å². The molecule has 0 saturated carbocycles. The number of amides is 1. The van der Waals surface area contributed by atoms with Crippen LogP contribution < -0.4 is 20.3 Å². The topological polar surface area (TPSA) is 73.8 Å². The summed E-state index contributed by atoms with van der Waals surface area (Å²) in [5.41, 5.74) is 1.46. The number of ether oxygens (including phenoxy) is 1. The number of aliphatic hydroxyl groups is 1. The summed E-state index contributed by atoms with van der Waals surface area (Å²) < 4.78 is 37.0. The van der Waals surface area contributed by atoms with Crippen LogP contribution in [0, 0.1) is 11.6 Å². The molecule has 0 radical (unpaired) electrons. The summed E-state index contributed by atoms with van der Waals surface area (Å²) in [5, 5.41) is 15.7. The number of hydrogen-bond acceptors (Lipinski definition) is 5. The Morgan fingerprint density at radius 2 is 2.08 bits per heavy atom. The van der Waals surface area contributed by atoms with Crippen LogP contribution >= 0.6 is 23.2 Å². The van der Waals surface area contributed by atoms with Gasteiger partial charge >= 0.3 is 0 Å². The second kappa shape index (κ2) is 9.13. The molecule has 3 aliphatic heterocycles. The molecule has 4 aliphatic rings. The predicted octanol–water partition coefficient (Wildman–Crippen LogP) is 4.09. The smallest absolute Gasteiger partial charge is 0.252 e. The maximum absolute atomic E-state index is 16.2. The minimum absolute atomic E-state index is 0.0171. The van der Waals surface area contributed by atoms with Gasteiger partial charge in [-0.15, -0.1) is 0 Å². The fourth-order valence-electron chi connectivity index (χ4n) is 5.83. The molecule has 3 heterocycles. The van der Waals surface area contributed by atoms with Crippen LogP contribution in [-0.4, -0.2) is 55.4 Å². The van der Waals surface area contributed by atoms with Crippen molar-refractivity contribution < 1.29 is 23.4 Å². The van der Waals surface area contributed by atoms with Crippen LogP contribution in [-0.2, 0) is 6.42 Å². The molecule has 1 fully saturated rings. The first-order valence-electron chi connectivity index (χ1n) is 12.0. The number of anilines is 1. The van der Waals surface area contributed by atoms with Gasteiger partial charge in [0.15, 0.2) is 11.6 Å². The highest BCUT2D eigenvalue weighted by Gasteiger charge is 2.49. The van der Waals surface area contributed by atoms with Gasteiger partial charge in [0, 0.05) is 47.9 Å². The average Bonchev–Trinajstić information content (AvgIpc) is 3.08. The van der Waals surface area contributed by atoms with Gasteiger partial charge in [0.1, 0.15) is 12.4 Å². The summed E-state index contributed by atoms with van der Waals surface area (Å²) in [6.07, 6.45) is 7.74. The van der Waals surface area contributed by atoms with Gasteiger partial charge < -0.3 is 25.4 Å². The normalized spacial score (nSPS) is 23.8. The Morgan fingerprint density at radius 1 is 1.24 bits per heavy atom. The monoisotopic (exact) mass is 545 g/mol. The molecule has 1 saturated heterocycles. The molecular weight excluding hydrogens is 523 g/mol. The molecule has 10 heteroatoms. The summed E-state index contributed by atoms with van der Waals surface area (Å²) in [4.78, 5) is 15.6. The zero-order valence-electron chi connectivity index (χ0n) is 19.6.